The van der Waals surface area contributed by atoms with Crippen LogP contribution in [0.2, 0.25) is 0 Å². The van der Waals surface area contributed by atoms with Crippen LogP contribution in [0.5, 0.6) is 5.75 Å². The molecule has 1 aromatic rings. The second-order valence-corrected chi connectivity index (χ2v) is 12.3. The maximum atomic E-state index is 14.5. The first-order valence-corrected chi connectivity index (χ1v) is 13.3. The Hall–Kier alpha value is -2.52. The maximum absolute atomic E-state index is 14.5. The number of anilines is 1. The fourth-order valence-electron chi connectivity index (χ4n) is 6.55. The molecule has 8 nitrogen and oxygen atoms in total. The first kappa shape index (κ1) is 26.5. The number of benzene rings is 1. The molecule has 36 heavy (non-hydrogen) atoms. The largest absolute Gasteiger partial charge is 0.497 e. The molecule has 0 radical (unpaired) electrons. The lowest BCUT2D eigenvalue weighted by atomic mass is 9.66. The van der Waals surface area contributed by atoms with Gasteiger partial charge in [0.1, 0.15) is 11.8 Å². The quantitative estimate of drug-likeness (QED) is 0.460. The molecule has 2 unspecified atom stereocenters. The van der Waals surface area contributed by atoms with Crippen LogP contribution in [0.1, 0.15) is 40.0 Å². The highest BCUT2D eigenvalue weighted by Gasteiger charge is 2.78. The number of carboxylic acid groups (broad SMARTS) is 1. The number of likely N-dealkylation sites (tertiary alicyclic amines) is 1. The number of carboxylic acids is 1. The number of carbonyl (C=O) groups is 3. The molecular formula is C27H36N2O6S. The van der Waals surface area contributed by atoms with Crippen LogP contribution in [0.4, 0.5) is 5.69 Å². The van der Waals surface area contributed by atoms with E-state index in [2.05, 4.69) is 6.58 Å². The lowest BCUT2D eigenvalue weighted by molar-refractivity contribution is -0.151. The summed E-state index contributed by atoms with van der Waals surface area (Å²) >= 11 is 1.50. The minimum atomic E-state index is -1.000. The molecule has 9 heteroatoms. The minimum Gasteiger partial charge on any atom is -0.497 e. The van der Waals surface area contributed by atoms with Gasteiger partial charge in [-0.3, -0.25) is 14.4 Å². The topological polar surface area (TPSA) is 107 Å². The predicted molar refractivity (Wildman–Crippen MR) is 139 cm³/mol. The van der Waals surface area contributed by atoms with Crippen molar-refractivity contribution in [1.29, 1.82) is 0 Å². The monoisotopic (exact) mass is 516 g/mol. The summed E-state index contributed by atoms with van der Waals surface area (Å²) in [5.74, 6) is -2.72. The highest BCUT2D eigenvalue weighted by atomic mass is 32.2. The van der Waals surface area contributed by atoms with E-state index in [1.807, 2.05) is 20.8 Å². The van der Waals surface area contributed by atoms with E-state index < -0.39 is 39.4 Å². The summed E-state index contributed by atoms with van der Waals surface area (Å²) in [6, 6.07) is 5.64. The number of methoxy groups -OCH3 is 1. The Morgan fingerprint density at radius 2 is 2.00 bits per heavy atom. The van der Waals surface area contributed by atoms with Gasteiger partial charge in [0.05, 0.1) is 36.3 Å². The van der Waals surface area contributed by atoms with Crippen molar-refractivity contribution in [2.24, 2.45) is 17.8 Å². The van der Waals surface area contributed by atoms with Gasteiger partial charge in [-0.15, -0.1) is 18.3 Å². The van der Waals surface area contributed by atoms with Crippen LogP contribution in [0.25, 0.3) is 0 Å². The Morgan fingerprint density at radius 3 is 2.53 bits per heavy atom. The molecule has 3 saturated heterocycles. The normalized spacial score (nSPS) is 32.2. The molecule has 0 aliphatic carbocycles. The van der Waals surface area contributed by atoms with Crippen LogP contribution < -0.4 is 9.64 Å². The van der Waals surface area contributed by atoms with E-state index >= 15 is 0 Å². The van der Waals surface area contributed by atoms with Crippen molar-refractivity contribution in [3.05, 3.63) is 36.9 Å². The molecule has 3 aliphatic heterocycles. The summed E-state index contributed by atoms with van der Waals surface area (Å²) in [7, 11) is 1.57. The summed E-state index contributed by atoms with van der Waals surface area (Å²) in [5, 5.41) is 20.6. The van der Waals surface area contributed by atoms with Crippen molar-refractivity contribution in [2.75, 3.05) is 25.2 Å². The predicted octanol–water partition coefficient (Wildman–Crippen LogP) is 3.19. The number of amides is 2. The number of carbonyl (C=O) groups excluding carboxylic acids is 2. The van der Waals surface area contributed by atoms with E-state index in [0.717, 1.165) is 0 Å². The first-order chi connectivity index (χ1) is 17.1. The summed E-state index contributed by atoms with van der Waals surface area (Å²) < 4.78 is 3.78. The molecular weight excluding hydrogens is 480 g/mol. The second-order valence-electron chi connectivity index (χ2n) is 10.4. The molecule has 3 aliphatic rings. The van der Waals surface area contributed by atoms with E-state index in [1.165, 1.54) is 11.8 Å². The first-order valence-electron chi connectivity index (χ1n) is 12.5. The molecule has 1 spiro atoms. The van der Waals surface area contributed by atoms with E-state index in [0.29, 0.717) is 30.7 Å². The molecule has 0 aromatic heterocycles. The summed E-state index contributed by atoms with van der Waals surface area (Å²) in [6.07, 6.45) is 3.53. The molecule has 3 heterocycles. The lowest BCUT2D eigenvalue weighted by Crippen LogP contribution is -2.58. The number of aliphatic hydroxyl groups is 1. The standard InChI is InChI=1S/C27H36N2O6S/c1-6-14-28(17-8-10-18(35-5)11-9-17)24(32)22-27-13-12-26(4,36-27)21(25(33)34)20(27)23(31)29(22)19(15-30)16(3)7-2/h6,8-11,16,19-22,30H,1,7,12-15H2,2-5H3,(H,33,34)/t16-,19-,20-,21+,22?,26-,27?/m0/s1. The van der Waals surface area contributed by atoms with E-state index in [9.17, 15) is 24.6 Å². The zero-order valence-corrected chi connectivity index (χ0v) is 22.2. The molecule has 0 saturated carbocycles. The number of hydrogen-bond acceptors (Lipinski definition) is 6. The van der Waals surface area contributed by atoms with Crippen molar-refractivity contribution in [3.63, 3.8) is 0 Å². The molecule has 7 atom stereocenters. The molecule has 2 bridgehead atoms. The van der Waals surface area contributed by atoms with E-state index in [-0.39, 0.29) is 30.9 Å². The van der Waals surface area contributed by atoms with Crippen molar-refractivity contribution in [1.82, 2.24) is 4.90 Å². The number of aliphatic hydroxyl groups excluding tert-OH is 1. The van der Waals surface area contributed by atoms with Crippen LogP contribution in [-0.4, -0.2) is 74.7 Å². The number of rotatable bonds is 10. The number of nitrogens with zero attached hydrogens (tertiary/aromatic N) is 2. The molecule has 1 aromatic carbocycles. The highest BCUT2D eigenvalue weighted by Crippen LogP contribution is 2.71. The Morgan fingerprint density at radius 1 is 1.33 bits per heavy atom. The second kappa shape index (κ2) is 9.74. The van der Waals surface area contributed by atoms with Crippen LogP contribution in [0.3, 0.4) is 0 Å². The van der Waals surface area contributed by atoms with Crippen molar-refractivity contribution in [3.8, 4) is 5.75 Å². The maximum Gasteiger partial charge on any atom is 0.308 e. The van der Waals surface area contributed by atoms with E-state index in [1.54, 1.807) is 47.3 Å². The van der Waals surface area contributed by atoms with Gasteiger partial charge in [0.2, 0.25) is 5.91 Å². The van der Waals surface area contributed by atoms with Gasteiger partial charge in [-0.25, -0.2) is 0 Å². The highest BCUT2D eigenvalue weighted by molar-refractivity contribution is 8.02. The Balaban J connectivity index is 1.85. The van der Waals surface area contributed by atoms with Gasteiger partial charge in [-0.2, -0.15) is 0 Å². The lowest BCUT2D eigenvalue weighted by Gasteiger charge is -2.41. The van der Waals surface area contributed by atoms with Crippen LogP contribution in [0, 0.1) is 17.8 Å². The Bertz CT molecular complexity index is 1050. The van der Waals surface area contributed by atoms with Gasteiger partial charge in [0.25, 0.3) is 5.91 Å². The van der Waals surface area contributed by atoms with E-state index in [4.69, 9.17) is 4.74 Å². The van der Waals surface area contributed by atoms with Crippen LogP contribution in [-0.2, 0) is 14.4 Å². The zero-order valence-electron chi connectivity index (χ0n) is 21.3. The summed E-state index contributed by atoms with van der Waals surface area (Å²) in [6.45, 7) is 9.60. The Labute approximate surface area is 216 Å². The zero-order chi connectivity index (χ0) is 26.4. The van der Waals surface area contributed by atoms with Crippen molar-refractivity contribution >= 4 is 35.2 Å². The molecule has 4 rings (SSSR count). The van der Waals surface area contributed by atoms with Crippen molar-refractivity contribution < 1.29 is 29.3 Å². The SMILES string of the molecule is C=CCN(C(=O)C1N([C@@H](CO)[C@@H](C)CC)C(=O)[C@@H]2[C@H](C(=O)O)[C@]3(C)CCC12S3)c1ccc(OC)cc1. The third-order valence-corrected chi connectivity index (χ3v) is 10.5. The van der Waals surface area contributed by atoms with Crippen LogP contribution in [0.15, 0.2) is 36.9 Å². The molecule has 2 amide bonds. The van der Waals surface area contributed by atoms with Gasteiger partial charge in [-0.05, 0) is 49.9 Å². The van der Waals surface area contributed by atoms with Gasteiger partial charge < -0.3 is 24.7 Å². The molecule has 2 N–H and O–H groups in total. The van der Waals surface area contributed by atoms with Crippen LogP contribution >= 0.6 is 11.8 Å². The fraction of sp³-hybridized carbons (Fsp3) is 0.593. The van der Waals surface area contributed by atoms with Gasteiger partial charge in [0, 0.05) is 17.0 Å². The number of ether oxygens (including phenoxy) is 1. The number of aliphatic carboxylic acids is 1. The van der Waals surface area contributed by atoms with Gasteiger partial charge in [0.15, 0.2) is 0 Å². The number of fused-ring (bicyclic) bond motifs is 1. The average Bonchev–Trinajstić information content (AvgIpc) is 3.43. The van der Waals surface area contributed by atoms with Gasteiger partial charge >= 0.3 is 5.97 Å². The Kier molecular flexibility index (Phi) is 7.18. The van der Waals surface area contributed by atoms with Crippen molar-refractivity contribution in [2.45, 2.75) is 61.6 Å². The smallest absolute Gasteiger partial charge is 0.308 e. The minimum absolute atomic E-state index is 0.0700. The fourth-order valence-corrected chi connectivity index (χ4v) is 8.88. The molecule has 3 fully saturated rings. The number of hydrogen-bond donors (Lipinski definition) is 2. The third kappa shape index (κ3) is 3.82. The summed E-state index contributed by atoms with van der Waals surface area (Å²) in [4.78, 5) is 44.2. The molecule has 196 valence electrons. The number of thioether (sulfide) groups is 1. The average molecular weight is 517 g/mol. The summed E-state index contributed by atoms with van der Waals surface area (Å²) in [5.41, 5.74) is 0.635. The third-order valence-electron chi connectivity index (χ3n) is 8.52. The van der Waals surface area contributed by atoms with Gasteiger partial charge in [-0.1, -0.05) is 26.3 Å².